The standard InChI is InChI=1S/C21H20N2O2/c1-15-18(23-20(25-15)16-8-4-2-5-9-16)19(24)22-14-21(12-13-21)17-10-6-3-7-11-17/h2-11H,12-14H2,1H3,(H,22,24). The van der Waals surface area contributed by atoms with E-state index in [9.17, 15) is 4.79 Å². The molecule has 0 atom stereocenters. The first-order valence-corrected chi connectivity index (χ1v) is 8.55. The highest BCUT2D eigenvalue weighted by atomic mass is 16.4. The molecular formula is C21H20N2O2. The van der Waals surface area contributed by atoms with Crippen LogP contribution in [0.2, 0.25) is 0 Å². The third-order valence-electron chi connectivity index (χ3n) is 4.86. The first-order chi connectivity index (χ1) is 12.2. The third kappa shape index (κ3) is 3.07. The molecule has 0 unspecified atom stereocenters. The Morgan fingerprint density at radius 1 is 1.08 bits per heavy atom. The number of aromatic nitrogens is 1. The van der Waals surface area contributed by atoms with Gasteiger partial charge in [0.25, 0.3) is 5.91 Å². The molecule has 1 aliphatic rings. The van der Waals surface area contributed by atoms with Crippen molar-refractivity contribution in [3.05, 3.63) is 77.7 Å². The third-order valence-corrected chi connectivity index (χ3v) is 4.86. The number of amides is 1. The average Bonchev–Trinajstić information content (AvgIpc) is 3.36. The molecule has 126 valence electrons. The number of carbonyl (C=O) groups is 1. The predicted molar refractivity (Wildman–Crippen MR) is 96.4 cm³/mol. The molecule has 1 aliphatic carbocycles. The molecule has 2 aromatic carbocycles. The molecule has 0 saturated heterocycles. The highest BCUT2D eigenvalue weighted by molar-refractivity contribution is 5.93. The second-order valence-corrected chi connectivity index (χ2v) is 6.62. The van der Waals surface area contributed by atoms with Crippen LogP contribution < -0.4 is 5.32 Å². The molecule has 4 nitrogen and oxygen atoms in total. The van der Waals surface area contributed by atoms with Gasteiger partial charge >= 0.3 is 0 Å². The molecule has 4 heteroatoms. The molecule has 25 heavy (non-hydrogen) atoms. The minimum Gasteiger partial charge on any atom is -0.441 e. The van der Waals surface area contributed by atoms with Crippen LogP contribution in [0.25, 0.3) is 11.5 Å². The van der Waals surface area contributed by atoms with E-state index >= 15 is 0 Å². The van der Waals surface area contributed by atoms with E-state index in [1.165, 1.54) is 5.56 Å². The van der Waals surface area contributed by atoms with E-state index in [0.717, 1.165) is 18.4 Å². The molecule has 3 aromatic rings. The monoisotopic (exact) mass is 332 g/mol. The van der Waals surface area contributed by atoms with E-state index in [1.54, 1.807) is 6.92 Å². The molecule has 1 heterocycles. The van der Waals surface area contributed by atoms with Gasteiger partial charge in [0.05, 0.1) is 0 Å². The predicted octanol–water partition coefficient (Wildman–Crippen LogP) is 4.11. The summed E-state index contributed by atoms with van der Waals surface area (Å²) in [7, 11) is 0. The van der Waals surface area contributed by atoms with E-state index in [0.29, 0.717) is 23.9 Å². The van der Waals surface area contributed by atoms with E-state index in [4.69, 9.17) is 4.42 Å². The lowest BCUT2D eigenvalue weighted by molar-refractivity contribution is 0.0944. The fraction of sp³-hybridized carbons (Fsp3) is 0.238. The van der Waals surface area contributed by atoms with Gasteiger partial charge in [-0.2, -0.15) is 0 Å². The van der Waals surface area contributed by atoms with Crippen molar-refractivity contribution in [3.8, 4) is 11.5 Å². The average molecular weight is 332 g/mol. The van der Waals surface area contributed by atoms with Crippen LogP contribution in [-0.2, 0) is 5.41 Å². The summed E-state index contributed by atoms with van der Waals surface area (Å²) in [6.07, 6.45) is 2.20. The van der Waals surface area contributed by atoms with Crippen LogP contribution in [0.5, 0.6) is 0 Å². The largest absolute Gasteiger partial charge is 0.441 e. The summed E-state index contributed by atoms with van der Waals surface area (Å²) in [5.74, 6) is 0.846. The Morgan fingerprint density at radius 3 is 2.36 bits per heavy atom. The lowest BCUT2D eigenvalue weighted by Crippen LogP contribution is -2.32. The van der Waals surface area contributed by atoms with Crippen LogP contribution in [0.1, 0.15) is 34.7 Å². The van der Waals surface area contributed by atoms with Crippen molar-refractivity contribution in [2.24, 2.45) is 0 Å². The minimum absolute atomic E-state index is 0.0802. The molecule has 1 N–H and O–H groups in total. The van der Waals surface area contributed by atoms with Gasteiger partial charge in [-0.15, -0.1) is 0 Å². The number of nitrogens with zero attached hydrogens (tertiary/aromatic N) is 1. The number of aryl methyl sites for hydroxylation is 1. The summed E-state index contributed by atoms with van der Waals surface area (Å²) in [5.41, 5.74) is 2.60. The fourth-order valence-corrected chi connectivity index (χ4v) is 3.15. The molecular weight excluding hydrogens is 312 g/mol. The lowest BCUT2D eigenvalue weighted by Gasteiger charge is -2.16. The zero-order valence-electron chi connectivity index (χ0n) is 14.2. The van der Waals surface area contributed by atoms with Crippen LogP contribution in [0.4, 0.5) is 0 Å². The Hall–Kier alpha value is -2.88. The number of oxazole rings is 1. The Kier molecular flexibility index (Phi) is 3.88. The normalized spacial score (nSPS) is 14.9. The number of hydrogen-bond acceptors (Lipinski definition) is 3. The number of carbonyl (C=O) groups excluding carboxylic acids is 1. The highest BCUT2D eigenvalue weighted by Crippen LogP contribution is 2.47. The number of hydrogen-bond donors (Lipinski definition) is 1. The van der Waals surface area contributed by atoms with Gasteiger partial charge in [-0.1, -0.05) is 48.5 Å². The highest BCUT2D eigenvalue weighted by Gasteiger charge is 2.44. The zero-order valence-corrected chi connectivity index (χ0v) is 14.2. The van der Waals surface area contributed by atoms with Crippen molar-refractivity contribution in [3.63, 3.8) is 0 Å². The van der Waals surface area contributed by atoms with E-state index in [2.05, 4.69) is 22.4 Å². The Bertz CT molecular complexity index is 881. The summed E-state index contributed by atoms with van der Waals surface area (Å²) in [5, 5.41) is 3.04. The van der Waals surface area contributed by atoms with Crippen molar-refractivity contribution in [2.75, 3.05) is 6.54 Å². The van der Waals surface area contributed by atoms with Gasteiger partial charge in [0.1, 0.15) is 5.76 Å². The lowest BCUT2D eigenvalue weighted by atomic mass is 9.96. The maximum atomic E-state index is 12.6. The van der Waals surface area contributed by atoms with Crippen LogP contribution in [0, 0.1) is 6.92 Å². The smallest absolute Gasteiger partial charge is 0.273 e. The van der Waals surface area contributed by atoms with Crippen molar-refractivity contribution in [1.82, 2.24) is 10.3 Å². The summed E-state index contributed by atoms with van der Waals surface area (Å²) >= 11 is 0. The van der Waals surface area contributed by atoms with E-state index < -0.39 is 0 Å². The molecule has 0 aliphatic heterocycles. The molecule has 0 spiro atoms. The van der Waals surface area contributed by atoms with E-state index in [-0.39, 0.29) is 11.3 Å². The quantitative estimate of drug-likeness (QED) is 0.765. The van der Waals surface area contributed by atoms with Crippen LogP contribution >= 0.6 is 0 Å². The van der Waals surface area contributed by atoms with Gasteiger partial charge in [-0.05, 0) is 37.5 Å². The maximum Gasteiger partial charge on any atom is 0.273 e. The SMILES string of the molecule is Cc1oc(-c2ccccc2)nc1C(=O)NCC1(c2ccccc2)CC1. The minimum atomic E-state index is -0.175. The topological polar surface area (TPSA) is 55.1 Å². The van der Waals surface area contributed by atoms with Crippen LogP contribution in [0.3, 0.4) is 0 Å². The molecule has 1 amide bonds. The van der Waals surface area contributed by atoms with Crippen molar-refractivity contribution in [2.45, 2.75) is 25.2 Å². The summed E-state index contributed by atoms with van der Waals surface area (Å²) in [6, 6.07) is 20.0. The fourth-order valence-electron chi connectivity index (χ4n) is 3.15. The van der Waals surface area contributed by atoms with Gasteiger partial charge < -0.3 is 9.73 Å². The van der Waals surface area contributed by atoms with Gasteiger partial charge in [-0.25, -0.2) is 4.98 Å². The van der Waals surface area contributed by atoms with Gasteiger partial charge in [-0.3, -0.25) is 4.79 Å². The summed E-state index contributed by atoms with van der Waals surface area (Å²) in [6.45, 7) is 2.40. The second-order valence-electron chi connectivity index (χ2n) is 6.62. The maximum absolute atomic E-state index is 12.6. The van der Waals surface area contributed by atoms with Crippen LogP contribution in [-0.4, -0.2) is 17.4 Å². The zero-order chi connectivity index (χ0) is 17.3. The summed E-state index contributed by atoms with van der Waals surface area (Å²) in [4.78, 5) is 17.0. The second kappa shape index (κ2) is 6.20. The number of nitrogens with one attached hydrogen (secondary N) is 1. The Balaban J connectivity index is 1.48. The Labute approximate surface area is 146 Å². The van der Waals surface area contributed by atoms with Crippen LogP contribution in [0.15, 0.2) is 65.1 Å². The first-order valence-electron chi connectivity index (χ1n) is 8.55. The molecule has 4 rings (SSSR count). The summed E-state index contributed by atoms with van der Waals surface area (Å²) < 4.78 is 5.68. The van der Waals surface area contributed by atoms with Gasteiger partial charge in [0.2, 0.25) is 5.89 Å². The van der Waals surface area contributed by atoms with Crippen molar-refractivity contribution in [1.29, 1.82) is 0 Å². The number of rotatable bonds is 5. The molecule has 0 bridgehead atoms. The van der Waals surface area contributed by atoms with E-state index in [1.807, 2.05) is 48.5 Å². The van der Waals surface area contributed by atoms with Crippen molar-refractivity contribution >= 4 is 5.91 Å². The molecule has 1 aromatic heterocycles. The number of benzene rings is 2. The van der Waals surface area contributed by atoms with Crippen molar-refractivity contribution < 1.29 is 9.21 Å². The molecule has 1 fully saturated rings. The van der Waals surface area contributed by atoms with Gasteiger partial charge in [0.15, 0.2) is 5.69 Å². The molecule has 1 saturated carbocycles. The van der Waals surface area contributed by atoms with Gasteiger partial charge in [0, 0.05) is 17.5 Å². The first kappa shape index (κ1) is 15.6. The Morgan fingerprint density at radius 2 is 1.72 bits per heavy atom. The molecule has 0 radical (unpaired) electrons.